The predicted octanol–water partition coefficient (Wildman–Crippen LogP) is 0.953. The van der Waals surface area contributed by atoms with Gasteiger partial charge in [0, 0.05) is 17.7 Å². The van der Waals surface area contributed by atoms with Gasteiger partial charge in [-0.25, -0.2) is 0 Å². The van der Waals surface area contributed by atoms with Gasteiger partial charge in [-0.3, -0.25) is 10.5 Å². The van der Waals surface area contributed by atoms with Gasteiger partial charge in [0.25, 0.3) is 0 Å². The van der Waals surface area contributed by atoms with E-state index in [1.807, 2.05) is 0 Å². The summed E-state index contributed by atoms with van der Waals surface area (Å²) < 4.78 is 0. The second kappa shape index (κ2) is 6.36. The Bertz CT molecular complexity index is 290. The molecule has 0 amide bonds. The molecule has 1 heterocycles. The van der Waals surface area contributed by atoms with Crippen LogP contribution in [0.1, 0.15) is 45.4 Å². The highest BCUT2D eigenvalue weighted by Crippen LogP contribution is 2.27. The lowest BCUT2D eigenvalue weighted by atomic mass is 9.85. The van der Waals surface area contributed by atoms with E-state index in [-0.39, 0.29) is 12.1 Å². The molecule has 3 atom stereocenters. The molecule has 0 radical (unpaired) electrons. The van der Waals surface area contributed by atoms with Crippen molar-refractivity contribution in [2.75, 3.05) is 13.1 Å². The number of carbonyl (C=O) groups is 1. The summed E-state index contributed by atoms with van der Waals surface area (Å²) in [6.07, 6.45) is 6.36. The normalized spacial score (nSPS) is 41.6. The SMILES string of the molecule is CC1CC[NH+](CC(=O)C2CCC(Cl)CC2)C(N)C1. The second-order valence-corrected chi connectivity index (χ2v) is 6.85. The van der Waals surface area contributed by atoms with Crippen molar-refractivity contribution < 1.29 is 9.69 Å². The fourth-order valence-electron chi connectivity index (χ4n) is 3.30. The number of hydrogen-bond acceptors (Lipinski definition) is 2. The van der Waals surface area contributed by atoms with Crippen LogP contribution < -0.4 is 10.6 Å². The number of piperidine rings is 1. The molecule has 3 unspecified atom stereocenters. The lowest BCUT2D eigenvalue weighted by Gasteiger charge is -2.34. The van der Waals surface area contributed by atoms with Gasteiger partial charge in [0.15, 0.2) is 5.78 Å². The van der Waals surface area contributed by atoms with Crippen LogP contribution in [0.2, 0.25) is 0 Å². The average molecular weight is 274 g/mol. The molecule has 1 saturated carbocycles. The zero-order valence-corrected chi connectivity index (χ0v) is 12.1. The largest absolute Gasteiger partial charge is 0.314 e. The summed E-state index contributed by atoms with van der Waals surface area (Å²) in [6, 6.07) is 0. The third-order valence-electron chi connectivity index (χ3n) is 4.65. The van der Waals surface area contributed by atoms with Crippen LogP contribution in [0, 0.1) is 11.8 Å². The zero-order valence-electron chi connectivity index (χ0n) is 11.3. The summed E-state index contributed by atoms with van der Waals surface area (Å²) in [5.74, 6) is 1.38. The van der Waals surface area contributed by atoms with E-state index in [2.05, 4.69) is 6.92 Å². The summed E-state index contributed by atoms with van der Waals surface area (Å²) in [5, 5.41) is 0.291. The molecule has 18 heavy (non-hydrogen) atoms. The fraction of sp³-hybridized carbons (Fsp3) is 0.929. The number of nitrogens with two attached hydrogens (primary N) is 1. The molecule has 2 fully saturated rings. The number of carbonyl (C=O) groups excluding carboxylic acids is 1. The van der Waals surface area contributed by atoms with Crippen LogP contribution in [-0.4, -0.2) is 30.4 Å². The minimum atomic E-state index is 0.155. The van der Waals surface area contributed by atoms with E-state index in [1.54, 1.807) is 0 Å². The maximum atomic E-state index is 12.3. The lowest BCUT2D eigenvalue weighted by Crippen LogP contribution is -3.19. The Balaban J connectivity index is 1.80. The number of rotatable bonds is 3. The molecule has 0 spiro atoms. The van der Waals surface area contributed by atoms with Gasteiger partial charge in [-0.15, -0.1) is 11.6 Å². The van der Waals surface area contributed by atoms with Crippen LogP contribution >= 0.6 is 11.6 Å². The van der Waals surface area contributed by atoms with Crippen LogP contribution in [0.25, 0.3) is 0 Å². The van der Waals surface area contributed by atoms with Crippen molar-refractivity contribution in [3.05, 3.63) is 0 Å². The van der Waals surface area contributed by atoms with Crippen molar-refractivity contribution in [2.24, 2.45) is 17.6 Å². The Morgan fingerprint density at radius 2 is 1.94 bits per heavy atom. The number of quaternary nitrogens is 1. The standard InChI is InChI=1S/C14H25ClN2O/c1-10-6-7-17(14(16)8-10)9-13(18)11-2-4-12(15)5-3-11/h10-12,14H,2-9,16H2,1H3/p+1. The van der Waals surface area contributed by atoms with E-state index in [4.69, 9.17) is 17.3 Å². The van der Waals surface area contributed by atoms with E-state index < -0.39 is 0 Å². The maximum Gasteiger partial charge on any atom is 0.189 e. The molecule has 1 saturated heterocycles. The highest BCUT2D eigenvalue weighted by Gasteiger charge is 2.32. The molecule has 1 aliphatic heterocycles. The molecule has 4 heteroatoms. The van der Waals surface area contributed by atoms with Crippen molar-refractivity contribution in [1.82, 2.24) is 0 Å². The highest BCUT2D eigenvalue weighted by molar-refractivity contribution is 6.20. The quantitative estimate of drug-likeness (QED) is 0.753. The van der Waals surface area contributed by atoms with E-state index >= 15 is 0 Å². The van der Waals surface area contributed by atoms with Gasteiger partial charge in [0.2, 0.25) is 0 Å². The first-order chi connectivity index (χ1) is 8.56. The summed E-state index contributed by atoms with van der Waals surface area (Å²) in [7, 11) is 0. The molecule has 0 bridgehead atoms. The van der Waals surface area contributed by atoms with Crippen LogP contribution in [0.5, 0.6) is 0 Å². The molecule has 2 aliphatic rings. The molecule has 0 aromatic heterocycles. The Labute approximate surface area is 115 Å². The number of nitrogens with one attached hydrogen (secondary N) is 1. The number of ketones is 1. The van der Waals surface area contributed by atoms with E-state index in [1.165, 1.54) is 11.3 Å². The maximum absolute atomic E-state index is 12.3. The lowest BCUT2D eigenvalue weighted by molar-refractivity contribution is -0.924. The Morgan fingerprint density at radius 3 is 2.56 bits per heavy atom. The van der Waals surface area contributed by atoms with Crippen molar-refractivity contribution in [3.63, 3.8) is 0 Å². The predicted molar refractivity (Wildman–Crippen MR) is 73.7 cm³/mol. The Kier molecular flexibility index (Phi) is 5.05. The molecule has 0 aromatic carbocycles. The van der Waals surface area contributed by atoms with E-state index in [9.17, 15) is 4.79 Å². The Morgan fingerprint density at radius 1 is 1.28 bits per heavy atom. The van der Waals surface area contributed by atoms with Crippen LogP contribution in [-0.2, 0) is 4.79 Å². The van der Waals surface area contributed by atoms with Gasteiger partial charge in [0.1, 0.15) is 12.7 Å². The van der Waals surface area contributed by atoms with Crippen LogP contribution in [0.3, 0.4) is 0 Å². The smallest absolute Gasteiger partial charge is 0.189 e. The molecule has 0 aromatic rings. The molecule has 3 N–H and O–H groups in total. The first kappa shape index (κ1) is 14.3. The summed E-state index contributed by atoms with van der Waals surface area (Å²) in [5.41, 5.74) is 6.16. The summed E-state index contributed by atoms with van der Waals surface area (Å²) in [6.45, 7) is 3.94. The molecular weight excluding hydrogens is 248 g/mol. The first-order valence-corrected chi connectivity index (χ1v) is 7.77. The van der Waals surface area contributed by atoms with Crippen molar-refractivity contribution >= 4 is 17.4 Å². The van der Waals surface area contributed by atoms with Crippen molar-refractivity contribution in [1.29, 1.82) is 0 Å². The minimum Gasteiger partial charge on any atom is -0.314 e. The van der Waals surface area contributed by atoms with Gasteiger partial charge in [-0.05, 0) is 38.0 Å². The number of alkyl halides is 1. The van der Waals surface area contributed by atoms with E-state index in [0.717, 1.165) is 38.6 Å². The fourth-order valence-corrected chi connectivity index (χ4v) is 3.55. The summed E-state index contributed by atoms with van der Waals surface area (Å²) >= 11 is 6.08. The molecule has 1 aliphatic carbocycles. The zero-order chi connectivity index (χ0) is 13.1. The van der Waals surface area contributed by atoms with Gasteiger partial charge in [-0.2, -0.15) is 0 Å². The molecule has 3 nitrogen and oxygen atoms in total. The molecule has 2 rings (SSSR count). The molecule has 104 valence electrons. The Hall–Kier alpha value is -0.120. The van der Waals surface area contributed by atoms with Crippen molar-refractivity contribution in [3.8, 4) is 0 Å². The third kappa shape index (κ3) is 3.69. The van der Waals surface area contributed by atoms with E-state index in [0.29, 0.717) is 23.6 Å². The summed E-state index contributed by atoms with van der Waals surface area (Å²) in [4.78, 5) is 13.6. The monoisotopic (exact) mass is 273 g/mol. The van der Waals surface area contributed by atoms with Crippen LogP contribution in [0.15, 0.2) is 0 Å². The highest BCUT2D eigenvalue weighted by atomic mass is 35.5. The van der Waals surface area contributed by atoms with Gasteiger partial charge >= 0.3 is 0 Å². The molecular formula is C14H26ClN2O+. The number of likely N-dealkylation sites (tertiary alicyclic amines) is 1. The minimum absolute atomic E-state index is 0.155. The second-order valence-electron chi connectivity index (χ2n) is 6.24. The topological polar surface area (TPSA) is 47.5 Å². The van der Waals surface area contributed by atoms with Crippen LogP contribution in [0.4, 0.5) is 0 Å². The van der Waals surface area contributed by atoms with Crippen molar-refractivity contribution in [2.45, 2.75) is 57.0 Å². The number of Topliss-reactive ketones (excluding diaryl/α,β-unsaturated/α-hetero) is 1. The first-order valence-electron chi connectivity index (χ1n) is 7.33. The number of hydrogen-bond donors (Lipinski definition) is 2. The van der Waals surface area contributed by atoms with Gasteiger partial charge in [-0.1, -0.05) is 6.92 Å². The average Bonchev–Trinajstić information content (AvgIpc) is 2.33. The van der Waals surface area contributed by atoms with Gasteiger partial charge in [0.05, 0.1) is 6.54 Å². The van der Waals surface area contributed by atoms with Gasteiger partial charge < -0.3 is 4.90 Å². The number of halogens is 1. The third-order valence-corrected chi connectivity index (χ3v) is 5.09.